The molecule has 0 bridgehead atoms. The van der Waals surface area contributed by atoms with Crippen molar-refractivity contribution in [1.29, 1.82) is 0 Å². The van der Waals surface area contributed by atoms with Crippen LogP contribution in [0.15, 0.2) is 41.3 Å². The first-order valence-corrected chi connectivity index (χ1v) is 8.96. The minimum atomic E-state index is -4.30. The van der Waals surface area contributed by atoms with Gasteiger partial charge >= 0.3 is 0 Å². The van der Waals surface area contributed by atoms with E-state index in [0.717, 1.165) is 11.1 Å². The Bertz CT molecular complexity index is 781. The zero-order chi connectivity index (χ0) is 16.5. The summed E-state index contributed by atoms with van der Waals surface area (Å²) in [5.41, 5.74) is 2.27. The molecular formula is C16H16Cl2O3S. The van der Waals surface area contributed by atoms with E-state index in [0.29, 0.717) is 22.0 Å². The Balaban J connectivity index is 2.68. The van der Waals surface area contributed by atoms with E-state index in [1.807, 2.05) is 13.8 Å². The van der Waals surface area contributed by atoms with Gasteiger partial charge in [0.05, 0.1) is 4.90 Å². The van der Waals surface area contributed by atoms with Crippen LogP contribution in [0.5, 0.6) is 0 Å². The molecule has 0 heterocycles. The molecule has 0 aromatic heterocycles. The molecule has 0 aliphatic rings. The molecule has 6 heteroatoms. The fraction of sp³-hybridized carbons (Fsp3) is 0.250. The smallest absolute Gasteiger partial charge is 0.282 e. The van der Waals surface area contributed by atoms with Gasteiger partial charge in [-0.3, -0.25) is 4.55 Å². The van der Waals surface area contributed by atoms with E-state index in [9.17, 15) is 13.0 Å². The lowest BCUT2D eigenvalue weighted by molar-refractivity contribution is 0.481. The zero-order valence-corrected chi connectivity index (χ0v) is 14.5. The molecule has 1 N–H and O–H groups in total. The van der Waals surface area contributed by atoms with Crippen LogP contribution in [0.1, 0.15) is 36.0 Å². The molecule has 3 nitrogen and oxygen atoms in total. The second-order valence-corrected chi connectivity index (χ2v) is 7.44. The van der Waals surface area contributed by atoms with Crippen molar-refractivity contribution in [3.63, 3.8) is 0 Å². The van der Waals surface area contributed by atoms with Gasteiger partial charge < -0.3 is 0 Å². The largest absolute Gasteiger partial charge is 0.294 e. The summed E-state index contributed by atoms with van der Waals surface area (Å²) in [4.78, 5) is -0.0824. The Morgan fingerprint density at radius 2 is 1.68 bits per heavy atom. The Morgan fingerprint density at radius 1 is 1.09 bits per heavy atom. The van der Waals surface area contributed by atoms with Crippen molar-refractivity contribution in [2.45, 2.75) is 31.1 Å². The highest BCUT2D eigenvalue weighted by molar-refractivity contribution is 7.85. The maximum atomic E-state index is 11.7. The van der Waals surface area contributed by atoms with Crippen LogP contribution >= 0.6 is 23.2 Å². The minimum absolute atomic E-state index is 0.0824. The Kier molecular flexibility index (Phi) is 5.17. The normalized spacial score (nSPS) is 13.1. The van der Waals surface area contributed by atoms with Crippen LogP contribution in [0.3, 0.4) is 0 Å². The maximum absolute atomic E-state index is 11.7. The van der Waals surface area contributed by atoms with Gasteiger partial charge in [-0.2, -0.15) is 8.42 Å². The first-order valence-electron chi connectivity index (χ1n) is 6.76. The first-order chi connectivity index (χ1) is 10.2. The zero-order valence-electron chi connectivity index (χ0n) is 12.2. The molecule has 0 fully saturated rings. The summed E-state index contributed by atoms with van der Waals surface area (Å²) >= 11 is 12.1. The first kappa shape index (κ1) is 17.3. The second kappa shape index (κ2) is 6.59. The maximum Gasteiger partial charge on any atom is 0.294 e. The van der Waals surface area contributed by atoms with Crippen molar-refractivity contribution < 1.29 is 13.0 Å². The topological polar surface area (TPSA) is 54.4 Å². The summed E-state index contributed by atoms with van der Waals surface area (Å²) in [7, 11) is -4.30. The van der Waals surface area contributed by atoms with Crippen LogP contribution < -0.4 is 0 Å². The quantitative estimate of drug-likeness (QED) is 0.774. The molecule has 0 saturated carbocycles. The number of aryl methyl sites for hydroxylation is 1. The summed E-state index contributed by atoms with van der Waals surface area (Å²) in [5, 5.41) is 0.976. The number of hydrogen-bond donors (Lipinski definition) is 1. The molecule has 0 saturated heterocycles. The molecule has 2 aromatic carbocycles. The highest BCUT2D eigenvalue weighted by Crippen LogP contribution is 2.35. The van der Waals surface area contributed by atoms with Gasteiger partial charge in [0, 0.05) is 16.0 Å². The van der Waals surface area contributed by atoms with Gasteiger partial charge in [0.25, 0.3) is 10.1 Å². The van der Waals surface area contributed by atoms with E-state index in [-0.39, 0.29) is 10.8 Å². The molecular weight excluding hydrogens is 343 g/mol. The van der Waals surface area contributed by atoms with E-state index in [2.05, 4.69) is 0 Å². The predicted molar refractivity (Wildman–Crippen MR) is 89.6 cm³/mol. The third-order valence-electron chi connectivity index (χ3n) is 3.51. The average Bonchev–Trinajstić information content (AvgIpc) is 2.37. The molecule has 0 spiro atoms. The van der Waals surface area contributed by atoms with Gasteiger partial charge in [0.15, 0.2) is 0 Å². The fourth-order valence-electron chi connectivity index (χ4n) is 2.59. The van der Waals surface area contributed by atoms with E-state index in [1.54, 1.807) is 30.3 Å². The summed E-state index contributed by atoms with van der Waals surface area (Å²) in [6.45, 7) is 3.81. The SMILES string of the molecule is CCC(c1cc(Cl)cc(Cl)c1)c1cc(C)ccc1S(=O)(=O)O. The lowest BCUT2D eigenvalue weighted by Gasteiger charge is -2.20. The fourth-order valence-corrected chi connectivity index (χ4v) is 3.87. The second-order valence-electron chi connectivity index (χ2n) is 5.18. The van der Waals surface area contributed by atoms with Crippen LogP contribution in [-0.2, 0) is 10.1 Å². The molecule has 2 rings (SSSR count). The van der Waals surface area contributed by atoms with Gasteiger partial charge in [0.1, 0.15) is 0 Å². The van der Waals surface area contributed by atoms with Crippen molar-refractivity contribution in [3.05, 3.63) is 63.1 Å². The number of hydrogen-bond acceptors (Lipinski definition) is 2. The van der Waals surface area contributed by atoms with E-state index in [4.69, 9.17) is 23.2 Å². The Labute approximate surface area is 140 Å². The molecule has 22 heavy (non-hydrogen) atoms. The monoisotopic (exact) mass is 358 g/mol. The van der Waals surface area contributed by atoms with Gasteiger partial charge in [-0.15, -0.1) is 0 Å². The van der Waals surface area contributed by atoms with Crippen LogP contribution in [0.2, 0.25) is 10.0 Å². The Morgan fingerprint density at radius 3 is 2.18 bits per heavy atom. The van der Waals surface area contributed by atoms with E-state index in [1.165, 1.54) is 6.07 Å². The molecule has 0 aliphatic heterocycles. The highest BCUT2D eigenvalue weighted by atomic mass is 35.5. The van der Waals surface area contributed by atoms with Crippen molar-refractivity contribution >= 4 is 33.3 Å². The third-order valence-corrected chi connectivity index (χ3v) is 4.88. The van der Waals surface area contributed by atoms with Gasteiger partial charge in [-0.05, 0) is 48.7 Å². The van der Waals surface area contributed by atoms with Crippen molar-refractivity contribution in [2.24, 2.45) is 0 Å². The third kappa shape index (κ3) is 3.82. The molecule has 2 aromatic rings. The Hall–Kier alpha value is -1.07. The number of benzene rings is 2. The molecule has 0 amide bonds. The summed E-state index contributed by atoms with van der Waals surface area (Å²) in [5.74, 6) is -0.229. The molecule has 1 atom stereocenters. The van der Waals surface area contributed by atoms with Crippen molar-refractivity contribution in [3.8, 4) is 0 Å². The number of rotatable bonds is 4. The van der Waals surface area contributed by atoms with E-state index < -0.39 is 10.1 Å². The molecule has 1 unspecified atom stereocenters. The van der Waals surface area contributed by atoms with Crippen LogP contribution in [0.25, 0.3) is 0 Å². The van der Waals surface area contributed by atoms with Crippen LogP contribution in [0, 0.1) is 6.92 Å². The van der Waals surface area contributed by atoms with Crippen LogP contribution in [-0.4, -0.2) is 13.0 Å². The highest BCUT2D eigenvalue weighted by Gasteiger charge is 2.23. The average molecular weight is 359 g/mol. The lowest BCUT2D eigenvalue weighted by atomic mass is 9.88. The molecule has 118 valence electrons. The standard InChI is InChI=1S/C16H16Cl2O3S/c1-3-14(11-7-12(17)9-13(18)8-11)15-6-10(2)4-5-16(15)22(19,20)21/h4-9,14H,3H2,1-2H3,(H,19,20,21). The molecule has 0 radical (unpaired) electrons. The summed E-state index contributed by atoms with van der Waals surface area (Å²) in [6, 6.07) is 10.00. The van der Waals surface area contributed by atoms with Gasteiger partial charge in [-0.1, -0.05) is 47.8 Å². The van der Waals surface area contributed by atoms with Crippen LogP contribution in [0.4, 0.5) is 0 Å². The van der Waals surface area contributed by atoms with Crippen molar-refractivity contribution in [1.82, 2.24) is 0 Å². The van der Waals surface area contributed by atoms with Crippen molar-refractivity contribution in [2.75, 3.05) is 0 Å². The summed E-state index contributed by atoms with van der Waals surface area (Å²) < 4.78 is 32.8. The molecule has 0 aliphatic carbocycles. The summed E-state index contributed by atoms with van der Waals surface area (Å²) in [6.07, 6.45) is 0.642. The number of halogens is 2. The van der Waals surface area contributed by atoms with E-state index >= 15 is 0 Å². The lowest BCUT2D eigenvalue weighted by Crippen LogP contribution is -2.09. The predicted octanol–water partition coefficient (Wildman–Crippen LogP) is 5.09. The van der Waals surface area contributed by atoms with Gasteiger partial charge in [0.2, 0.25) is 0 Å². The van der Waals surface area contributed by atoms with Gasteiger partial charge in [-0.25, -0.2) is 0 Å². The minimum Gasteiger partial charge on any atom is -0.282 e.